The summed E-state index contributed by atoms with van der Waals surface area (Å²) in [7, 11) is 1.60. The van der Waals surface area contributed by atoms with Crippen LogP contribution < -0.4 is 10.1 Å². The van der Waals surface area contributed by atoms with Crippen molar-refractivity contribution in [3.8, 4) is 5.75 Å². The van der Waals surface area contributed by atoms with Crippen LogP contribution in [0.4, 0.5) is 0 Å². The Balaban J connectivity index is 1.81. The number of fused-ring (bicyclic) bond motifs is 1. The molecule has 6 heteroatoms. The summed E-state index contributed by atoms with van der Waals surface area (Å²) in [6.07, 6.45) is 4.11. The topological polar surface area (TPSA) is 69.6 Å². The first kappa shape index (κ1) is 19.3. The summed E-state index contributed by atoms with van der Waals surface area (Å²) in [6, 6.07) is 6.25. The van der Waals surface area contributed by atoms with Crippen LogP contribution in [-0.2, 0) is 9.53 Å². The highest BCUT2D eigenvalue weighted by molar-refractivity contribution is 6.06. The van der Waals surface area contributed by atoms with E-state index in [0.29, 0.717) is 17.4 Å². The van der Waals surface area contributed by atoms with Crippen LogP contribution in [0.3, 0.4) is 0 Å². The zero-order valence-corrected chi connectivity index (χ0v) is 16.5. The van der Waals surface area contributed by atoms with Crippen molar-refractivity contribution in [1.82, 2.24) is 9.88 Å². The Morgan fingerprint density at radius 3 is 2.70 bits per heavy atom. The first-order chi connectivity index (χ1) is 13.0. The Hall–Kier alpha value is -2.50. The van der Waals surface area contributed by atoms with Crippen molar-refractivity contribution in [3.63, 3.8) is 0 Å². The van der Waals surface area contributed by atoms with Crippen molar-refractivity contribution < 1.29 is 19.1 Å². The Labute approximate surface area is 159 Å². The van der Waals surface area contributed by atoms with Crippen LogP contribution in [0.2, 0.25) is 0 Å². The number of rotatable bonds is 8. The van der Waals surface area contributed by atoms with Gasteiger partial charge in [0.05, 0.1) is 12.7 Å². The smallest absolute Gasteiger partial charge is 0.341 e. The summed E-state index contributed by atoms with van der Waals surface area (Å²) in [5.74, 6) is -0.0513. The molecule has 1 saturated carbocycles. The third-order valence-corrected chi connectivity index (χ3v) is 5.04. The second kappa shape index (κ2) is 8.03. The zero-order valence-electron chi connectivity index (χ0n) is 16.5. The molecule has 1 N–H and O–H groups in total. The molecule has 1 heterocycles. The maximum atomic E-state index is 12.8. The lowest BCUT2D eigenvalue weighted by atomic mass is 10.1. The Kier molecular flexibility index (Phi) is 5.73. The number of esters is 1. The summed E-state index contributed by atoms with van der Waals surface area (Å²) >= 11 is 0. The van der Waals surface area contributed by atoms with Gasteiger partial charge in [-0.3, -0.25) is 4.79 Å². The van der Waals surface area contributed by atoms with Gasteiger partial charge >= 0.3 is 5.97 Å². The van der Waals surface area contributed by atoms with Gasteiger partial charge in [0, 0.05) is 28.7 Å². The molecule has 0 bridgehead atoms. The minimum absolute atomic E-state index is 0.0731. The maximum Gasteiger partial charge on any atom is 0.341 e. The predicted molar refractivity (Wildman–Crippen MR) is 104 cm³/mol. The predicted octanol–water partition coefficient (Wildman–Crippen LogP) is 3.75. The van der Waals surface area contributed by atoms with E-state index in [1.807, 2.05) is 32.0 Å². The first-order valence-electron chi connectivity index (χ1n) is 9.61. The van der Waals surface area contributed by atoms with Gasteiger partial charge in [-0.05, 0) is 51.3 Å². The van der Waals surface area contributed by atoms with Gasteiger partial charge < -0.3 is 19.4 Å². The highest BCUT2D eigenvalue weighted by Crippen LogP contribution is 2.42. The number of carbonyl (C=O) groups is 2. The molecule has 1 aliphatic carbocycles. The molecule has 0 radical (unpaired) electrons. The number of nitrogens with zero attached hydrogens (tertiary/aromatic N) is 1. The van der Waals surface area contributed by atoms with E-state index in [1.54, 1.807) is 7.11 Å². The Bertz CT molecular complexity index is 851. The molecule has 2 aromatic rings. The molecule has 3 rings (SSSR count). The number of hydrogen-bond acceptors (Lipinski definition) is 4. The van der Waals surface area contributed by atoms with Crippen LogP contribution in [0.25, 0.3) is 10.9 Å². The van der Waals surface area contributed by atoms with E-state index in [9.17, 15) is 9.59 Å². The molecule has 1 fully saturated rings. The quantitative estimate of drug-likeness (QED) is 0.717. The second-order valence-electron chi connectivity index (χ2n) is 7.28. The minimum atomic E-state index is -0.469. The van der Waals surface area contributed by atoms with E-state index in [1.165, 1.54) is 0 Å². The number of methoxy groups -OCH3 is 1. The van der Waals surface area contributed by atoms with E-state index in [4.69, 9.17) is 9.47 Å². The fraction of sp³-hybridized carbons (Fsp3) is 0.524. The Morgan fingerprint density at radius 2 is 2.07 bits per heavy atom. The lowest BCUT2D eigenvalue weighted by Gasteiger charge is -2.13. The van der Waals surface area contributed by atoms with E-state index < -0.39 is 5.97 Å². The Morgan fingerprint density at radius 1 is 1.33 bits per heavy atom. The minimum Gasteiger partial charge on any atom is -0.497 e. The number of nitrogens with one attached hydrogen (secondary N) is 1. The molecular weight excluding hydrogens is 344 g/mol. The van der Waals surface area contributed by atoms with Gasteiger partial charge in [0.1, 0.15) is 5.75 Å². The van der Waals surface area contributed by atoms with Crippen LogP contribution >= 0.6 is 0 Å². The van der Waals surface area contributed by atoms with Crippen LogP contribution in [0.15, 0.2) is 18.2 Å². The fourth-order valence-electron chi connectivity index (χ4n) is 3.63. The lowest BCUT2D eigenvalue weighted by Crippen LogP contribution is -2.35. The average Bonchev–Trinajstić information content (AvgIpc) is 3.42. The molecule has 1 aliphatic rings. The number of aromatic nitrogens is 1. The van der Waals surface area contributed by atoms with E-state index >= 15 is 0 Å². The molecule has 27 heavy (non-hydrogen) atoms. The van der Waals surface area contributed by atoms with Crippen LogP contribution in [0.5, 0.6) is 5.75 Å². The first-order valence-corrected chi connectivity index (χ1v) is 9.61. The molecule has 1 atom stereocenters. The van der Waals surface area contributed by atoms with Gasteiger partial charge in [0.2, 0.25) is 0 Å². The highest BCUT2D eigenvalue weighted by atomic mass is 16.5. The summed E-state index contributed by atoms with van der Waals surface area (Å²) in [5.41, 5.74) is 2.40. The molecule has 1 aromatic carbocycles. The van der Waals surface area contributed by atoms with E-state index in [2.05, 4.69) is 16.8 Å². The summed E-state index contributed by atoms with van der Waals surface area (Å²) in [5, 5.41) is 3.66. The average molecular weight is 372 g/mol. The van der Waals surface area contributed by atoms with Gasteiger partial charge in [-0.15, -0.1) is 0 Å². The molecule has 0 unspecified atom stereocenters. The molecule has 0 spiro atoms. The largest absolute Gasteiger partial charge is 0.497 e. The third-order valence-electron chi connectivity index (χ3n) is 5.04. The second-order valence-corrected chi connectivity index (χ2v) is 7.28. The van der Waals surface area contributed by atoms with Gasteiger partial charge in [0.25, 0.3) is 5.91 Å². The standard InChI is InChI=1S/C21H28N2O4/c1-5-6-13(2)22-19(24)12-27-21(25)20-14(3)23(15-7-8-15)18-10-9-16(26-4)11-17(18)20/h9-11,13,15H,5-8,12H2,1-4H3,(H,22,24)/t13-/m1/s1. The number of carbonyl (C=O) groups excluding carboxylic acids is 2. The monoisotopic (exact) mass is 372 g/mol. The molecule has 146 valence electrons. The third kappa shape index (κ3) is 4.10. The molecular formula is C21H28N2O4. The van der Waals surface area contributed by atoms with Crippen molar-refractivity contribution in [2.75, 3.05) is 13.7 Å². The molecule has 1 amide bonds. The van der Waals surface area contributed by atoms with Crippen LogP contribution in [-0.4, -0.2) is 36.2 Å². The summed E-state index contributed by atoms with van der Waals surface area (Å²) in [4.78, 5) is 24.8. The number of amides is 1. The lowest BCUT2D eigenvalue weighted by molar-refractivity contribution is -0.124. The van der Waals surface area contributed by atoms with Gasteiger partial charge in [-0.25, -0.2) is 4.79 Å². The number of ether oxygens (including phenoxy) is 2. The van der Waals surface area contributed by atoms with Gasteiger partial charge in [0.15, 0.2) is 6.61 Å². The van der Waals surface area contributed by atoms with Crippen LogP contribution in [0.1, 0.15) is 61.6 Å². The molecule has 1 aromatic heterocycles. The van der Waals surface area contributed by atoms with Crippen molar-refractivity contribution in [2.24, 2.45) is 0 Å². The SMILES string of the molecule is CCC[C@@H](C)NC(=O)COC(=O)c1c(C)n(C2CC2)c2ccc(OC)cc12. The van der Waals surface area contributed by atoms with Crippen molar-refractivity contribution in [3.05, 3.63) is 29.5 Å². The maximum absolute atomic E-state index is 12.8. The fourth-order valence-corrected chi connectivity index (χ4v) is 3.63. The summed E-state index contributed by atoms with van der Waals surface area (Å²) in [6.45, 7) is 5.68. The van der Waals surface area contributed by atoms with Crippen molar-refractivity contribution in [1.29, 1.82) is 0 Å². The van der Waals surface area contributed by atoms with Crippen LogP contribution in [0, 0.1) is 6.92 Å². The van der Waals surface area contributed by atoms with Crippen molar-refractivity contribution >= 4 is 22.8 Å². The normalized spacial score (nSPS) is 14.8. The molecule has 0 aliphatic heterocycles. The number of benzene rings is 1. The molecule has 6 nitrogen and oxygen atoms in total. The van der Waals surface area contributed by atoms with Gasteiger partial charge in [-0.1, -0.05) is 13.3 Å². The van der Waals surface area contributed by atoms with Gasteiger partial charge in [-0.2, -0.15) is 0 Å². The zero-order chi connectivity index (χ0) is 19.6. The number of hydrogen-bond donors (Lipinski definition) is 1. The highest BCUT2D eigenvalue weighted by Gasteiger charge is 2.31. The van der Waals surface area contributed by atoms with E-state index in [-0.39, 0.29) is 18.6 Å². The molecule has 0 saturated heterocycles. The van der Waals surface area contributed by atoms with E-state index in [0.717, 1.165) is 42.3 Å². The summed E-state index contributed by atoms with van der Waals surface area (Å²) < 4.78 is 12.9. The van der Waals surface area contributed by atoms with Crippen molar-refractivity contribution in [2.45, 2.75) is 58.5 Å².